The number of phenols is 1. The van der Waals surface area contributed by atoms with Crippen molar-refractivity contribution in [2.45, 2.75) is 13.5 Å². The molecule has 0 bridgehead atoms. The van der Waals surface area contributed by atoms with Crippen molar-refractivity contribution in [1.29, 1.82) is 0 Å². The third kappa shape index (κ3) is 4.44. The molecule has 0 unspecified atom stereocenters. The van der Waals surface area contributed by atoms with Gasteiger partial charge in [0.15, 0.2) is 5.75 Å². The third-order valence-electron chi connectivity index (χ3n) is 5.72. The number of carbonyl (C=O) groups excluding carboxylic acids is 1. The van der Waals surface area contributed by atoms with Gasteiger partial charge in [0.2, 0.25) is 0 Å². The molecule has 8 nitrogen and oxygen atoms in total. The molecule has 0 saturated heterocycles. The van der Waals surface area contributed by atoms with Gasteiger partial charge in [-0.1, -0.05) is 47.5 Å². The highest BCUT2D eigenvalue weighted by Gasteiger charge is 2.16. The number of hydrogen-bond donors (Lipinski definition) is 2. The molecule has 0 aliphatic carbocycles. The lowest BCUT2D eigenvalue weighted by molar-refractivity contribution is 0.102. The van der Waals surface area contributed by atoms with Gasteiger partial charge < -0.3 is 10.4 Å². The van der Waals surface area contributed by atoms with E-state index in [-0.39, 0.29) is 44.5 Å². The topological polar surface area (TPSA) is 102 Å². The number of benzene rings is 3. The average molecular weight is 520 g/mol. The van der Waals surface area contributed by atoms with E-state index in [0.717, 1.165) is 11.3 Å². The molecule has 0 fully saturated rings. The highest BCUT2D eigenvalue weighted by Crippen LogP contribution is 2.33. The first-order valence-electron chi connectivity index (χ1n) is 10.9. The molecule has 5 rings (SSSR count). The van der Waals surface area contributed by atoms with Gasteiger partial charge >= 0.3 is 0 Å². The summed E-state index contributed by atoms with van der Waals surface area (Å²) >= 11 is 11.9. The van der Waals surface area contributed by atoms with Crippen molar-refractivity contribution >= 4 is 45.7 Å². The first-order valence-corrected chi connectivity index (χ1v) is 11.7. The van der Waals surface area contributed by atoms with E-state index >= 15 is 0 Å². The monoisotopic (exact) mass is 519 g/mol. The fourth-order valence-corrected chi connectivity index (χ4v) is 4.37. The molecule has 180 valence electrons. The maximum atomic E-state index is 13.4. The largest absolute Gasteiger partial charge is 0.505 e. The van der Waals surface area contributed by atoms with Gasteiger partial charge in [0.05, 0.1) is 50.9 Å². The summed E-state index contributed by atoms with van der Waals surface area (Å²) in [6.07, 6.45) is 3.30. The number of carbonyl (C=O) groups is 1. The number of nitrogens with zero attached hydrogens (tertiary/aromatic N) is 4. The van der Waals surface area contributed by atoms with Gasteiger partial charge in [-0.25, -0.2) is 9.67 Å². The quantitative estimate of drug-likeness (QED) is 0.332. The summed E-state index contributed by atoms with van der Waals surface area (Å²) in [4.78, 5) is 30.7. The Hall–Kier alpha value is -4.14. The molecule has 3 aromatic carbocycles. The molecule has 36 heavy (non-hydrogen) atoms. The molecular formula is C26H19Cl2N5O3. The summed E-state index contributed by atoms with van der Waals surface area (Å²) < 4.78 is 3.21. The van der Waals surface area contributed by atoms with Crippen molar-refractivity contribution in [2.75, 3.05) is 5.32 Å². The number of fused-ring (bicyclic) bond motifs is 1. The summed E-state index contributed by atoms with van der Waals surface area (Å²) in [7, 11) is 0. The molecule has 2 aromatic heterocycles. The molecule has 0 aliphatic rings. The highest BCUT2D eigenvalue weighted by molar-refractivity contribution is 6.37. The van der Waals surface area contributed by atoms with Crippen molar-refractivity contribution in [3.05, 3.63) is 110 Å². The van der Waals surface area contributed by atoms with Crippen LogP contribution in [-0.2, 0) is 6.54 Å². The number of para-hydroxylation sites is 1. The second kappa shape index (κ2) is 9.49. The Bertz CT molecular complexity index is 1670. The molecular weight excluding hydrogens is 501 g/mol. The van der Waals surface area contributed by atoms with E-state index in [4.69, 9.17) is 23.2 Å². The molecule has 2 N–H and O–H groups in total. The molecule has 0 spiro atoms. The number of anilines is 1. The minimum atomic E-state index is -0.543. The number of aromatic hydroxyl groups is 1. The molecule has 0 saturated carbocycles. The Labute approximate surface area is 215 Å². The maximum absolute atomic E-state index is 13.4. The average Bonchev–Trinajstić information content (AvgIpc) is 3.32. The van der Waals surface area contributed by atoms with E-state index in [1.54, 1.807) is 22.9 Å². The van der Waals surface area contributed by atoms with Gasteiger partial charge in [0, 0.05) is 11.8 Å². The summed E-state index contributed by atoms with van der Waals surface area (Å²) in [6.45, 7) is 2.20. The van der Waals surface area contributed by atoms with Crippen LogP contribution in [0.3, 0.4) is 0 Å². The van der Waals surface area contributed by atoms with Gasteiger partial charge in [0.1, 0.15) is 0 Å². The van der Waals surface area contributed by atoms with E-state index in [1.165, 1.54) is 23.0 Å². The molecule has 10 heteroatoms. The SMILES string of the molecule is Cc1ccccc1-n1ccc(Cn2cnc3cccc(NC(=O)c4cc(Cl)c(O)c(Cl)c4)c3c2=O)n1. The Balaban J connectivity index is 1.47. The van der Waals surface area contributed by atoms with Crippen LogP contribution in [0.4, 0.5) is 5.69 Å². The Morgan fingerprint density at radius 2 is 1.81 bits per heavy atom. The van der Waals surface area contributed by atoms with Crippen LogP contribution in [0.1, 0.15) is 21.6 Å². The first kappa shape index (κ1) is 23.6. The number of rotatable bonds is 5. The Morgan fingerprint density at radius 3 is 2.56 bits per heavy atom. The predicted molar refractivity (Wildman–Crippen MR) is 139 cm³/mol. The third-order valence-corrected chi connectivity index (χ3v) is 6.30. The summed E-state index contributed by atoms with van der Waals surface area (Å²) in [5.41, 5.74) is 3.22. The van der Waals surface area contributed by atoms with E-state index < -0.39 is 5.91 Å². The van der Waals surface area contributed by atoms with Gasteiger partial charge in [-0.05, 0) is 48.9 Å². The molecule has 0 radical (unpaired) electrons. The van der Waals surface area contributed by atoms with E-state index in [1.807, 2.05) is 43.5 Å². The van der Waals surface area contributed by atoms with E-state index in [0.29, 0.717) is 11.2 Å². The normalized spacial score (nSPS) is 11.1. The zero-order chi connectivity index (χ0) is 25.4. The molecule has 2 heterocycles. The van der Waals surface area contributed by atoms with Crippen molar-refractivity contribution in [3.63, 3.8) is 0 Å². The summed E-state index contributed by atoms with van der Waals surface area (Å²) in [6, 6.07) is 17.3. The van der Waals surface area contributed by atoms with Crippen LogP contribution < -0.4 is 10.9 Å². The Morgan fingerprint density at radius 1 is 1.06 bits per heavy atom. The van der Waals surface area contributed by atoms with Gasteiger partial charge in [-0.3, -0.25) is 14.2 Å². The van der Waals surface area contributed by atoms with Crippen LogP contribution in [0.2, 0.25) is 10.0 Å². The molecule has 5 aromatic rings. The van der Waals surface area contributed by atoms with Crippen LogP contribution in [0.25, 0.3) is 16.6 Å². The van der Waals surface area contributed by atoms with Crippen molar-refractivity contribution in [1.82, 2.24) is 19.3 Å². The second-order valence-electron chi connectivity index (χ2n) is 8.16. The fourth-order valence-electron chi connectivity index (χ4n) is 3.88. The number of aromatic nitrogens is 4. The lowest BCUT2D eigenvalue weighted by Gasteiger charge is -2.11. The van der Waals surface area contributed by atoms with Crippen LogP contribution in [0.15, 0.2) is 78.0 Å². The number of aryl methyl sites for hydroxylation is 1. The van der Waals surface area contributed by atoms with Crippen LogP contribution in [0, 0.1) is 6.92 Å². The molecule has 1 amide bonds. The smallest absolute Gasteiger partial charge is 0.263 e. The number of hydrogen-bond acceptors (Lipinski definition) is 5. The maximum Gasteiger partial charge on any atom is 0.263 e. The standard InChI is InChI=1S/C26H19Cl2N5O3/c1-15-5-2-3-8-22(15)33-10-9-17(31-33)13-32-14-29-20-6-4-7-21(23(20)26(32)36)30-25(35)16-11-18(27)24(34)19(28)12-16/h2-12,14,34H,13H2,1H3,(H,30,35). The second-order valence-corrected chi connectivity index (χ2v) is 8.97. The van der Waals surface area contributed by atoms with Gasteiger partial charge in [-0.2, -0.15) is 5.10 Å². The van der Waals surface area contributed by atoms with E-state index in [2.05, 4.69) is 15.4 Å². The van der Waals surface area contributed by atoms with Crippen LogP contribution >= 0.6 is 23.2 Å². The minimum absolute atomic E-state index is 0.0558. The summed E-state index contributed by atoms with van der Waals surface area (Å²) in [5.74, 6) is -0.852. The first-order chi connectivity index (χ1) is 17.3. The lowest BCUT2D eigenvalue weighted by Crippen LogP contribution is -2.23. The van der Waals surface area contributed by atoms with E-state index in [9.17, 15) is 14.7 Å². The lowest BCUT2D eigenvalue weighted by atomic mass is 10.1. The number of nitrogens with one attached hydrogen (secondary N) is 1. The Kier molecular flexibility index (Phi) is 6.22. The molecule has 0 atom stereocenters. The zero-order valence-corrected chi connectivity index (χ0v) is 20.5. The van der Waals surface area contributed by atoms with Crippen molar-refractivity contribution < 1.29 is 9.90 Å². The minimum Gasteiger partial charge on any atom is -0.505 e. The number of amides is 1. The van der Waals surface area contributed by atoms with Crippen LogP contribution in [-0.4, -0.2) is 30.3 Å². The van der Waals surface area contributed by atoms with Crippen LogP contribution in [0.5, 0.6) is 5.75 Å². The van der Waals surface area contributed by atoms with Crippen molar-refractivity contribution in [2.24, 2.45) is 0 Å². The highest BCUT2D eigenvalue weighted by atomic mass is 35.5. The predicted octanol–water partition coefficient (Wildman–Crippen LogP) is 5.20. The number of halogens is 2. The van der Waals surface area contributed by atoms with Crippen molar-refractivity contribution in [3.8, 4) is 11.4 Å². The molecule has 0 aliphatic heterocycles. The fraction of sp³-hybridized carbons (Fsp3) is 0.0769. The zero-order valence-electron chi connectivity index (χ0n) is 18.9. The number of phenolic OH excluding ortho intramolecular Hbond substituents is 1. The summed E-state index contributed by atoms with van der Waals surface area (Å²) in [5, 5.41) is 17.2. The van der Waals surface area contributed by atoms with Gasteiger partial charge in [0.25, 0.3) is 11.5 Å². The van der Waals surface area contributed by atoms with Gasteiger partial charge in [-0.15, -0.1) is 0 Å².